The van der Waals surface area contributed by atoms with Gasteiger partial charge in [-0.3, -0.25) is 4.98 Å². The Kier molecular flexibility index (Phi) is 4.11. The summed E-state index contributed by atoms with van der Waals surface area (Å²) in [5, 5.41) is 0. The van der Waals surface area contributed by atoms with E-state index in [-0.39, 0.29) is 0 Å². The number of aryl methyl sites for hydroxylation is 1. The van der Waals surface area contributed by atoms with E-state index in [4.69, 9.17) is 4.74 Å². The summed E-state index contributed by atoms with van der Waals surface area (Å²) < 4.78 is 11.0. The molecule has 0 aliphatic carbocycles. The van der Waals surface area contributed by atoms with E-state index in [1.54, 1.807) is 37.5 Å². The minimum absolute atomic E-state index is 0.394. The summed E-state index contributed by atoms with van der Waals surface area (Å²) in [5.41, 5.74) is 0.967. The molecule has 2 aromatic heterocycles. The van der Waals surface area contributed by atoms with Crippen molar-refractivity contribution in [3.05, 3.63) is 46.3 Å². The fraction of sp³-hybridized carbons (Fsp3) is 0.154. The fourth-order valence-corrected chi connectivity index (χ4v) is 1.83. The number of hydrogen-bond acceptors (Lipinski definition) is 5. The summed E-state index contributed by atoms with van der Waals surface area (Å²) in [5.74, 6) is 0.540. The molecule has 0 saturated carbocycles. The Balaban J connectivity index is 2.23. The average molecular weight is 323 g/mol. The van der Waals surface area contributed by atoms with Crippen molar-refractivity contribution in [3.63, 3.8) is 0 Å². The number of aromatic nitrogens is 2. The quantitative estimate of drug-likeness (QED) is 0.812. The number of carbonyl (C=O) groups is 1. The van der Waals surface area contributed by atoms with Crippen LogP contribution in [0.15, 0.2) is 35.1 Å². The minimum atomic E-state index is -0.416. The molecule has 0 radical (unpaired) electrons. The SMILES string of the molecule is COC(=O)c1ccc(Oc2cncc(Br)c2)nc1C. The standard InChI is InChI=1S/C13H11BrN2O3/c1-8-11(13(17)18-2)3-4-12(16-8)19-10-5-9(14)6-15-7-10/h3-7H,1-2H3. The van der Waals surface area contributed by atoms with Crippen LogP contribution in [0.4, 0.5) is 0 Å². The van der Waals surface area contributed by atoms with Gasteiger partial charge in [0.15, 0.2) is 0 Å². The normalized spacial score (nSPS) is 10.1. The van der Waals surface area contributed by atoms with Crippen LogP contribution in [0.1, 0.15) is 16.1 Å². The monoisotopic (exact) mass is 322 g/mol. The highest BCUT2D eigenvalue weighted by molar-refractivity contribution is 9.10. The van der Waals surface area contributed by atoms with Crippen LogP contribution in [0, 0.1) is 6.92 Å². The zero-order valence-electron chi connectivity index (χ0n) is 10.4. The molecule has 0 aromatic carbocycles. The van der Waals surface area contributed by atoms with E-state index in [2.05, 4.69) is 30.6 Å². The molecule has 2 aromatic rings. The first-order valence-electron chi connectivity index (χ1n) is 5.44. The van der Waals surface area contributed by atoms with Gasteiger partial charge in [0.2, 0.25) is 5.88 Å². The van der Waals surface area contributed by atoms with Crippen LogP contribution in [0.2, 0.25) is 0 Å². The third-order valence-corrected chi connectivity index (χ3v) is 2.80. The van der Waals surface area contributed by atoms with Crippen molar-refractivity contribution in [2.45, 2.75) is 6.92 Å². The molecule has 0 saturated heterocycles. The lowest BCUT2D eigenvalue weighted by atomic mass is 10.2. The van der Waals surface area contributed by atoms with Gasteiger partial charge in [0, 0.05) is 16.7 Å². The molecule has 0 atom stereocenters. The highest BCUT2D eigenvalue weighted by atomic mass is 79.9. The Morgan fingerprint density at radius 1 is 1.32 bits per heavy atom. The molecule has 0 N–H and O–H groups in total. The van der Waals surface area contributed by atoms with Crippen molar-refractivity contribution in [2.24, 2.45) is 0 Å². The second kappa shape index (κ2) is 5.79. The van der Waals surface area contributed by atoms with Gasteiger partial charge in [-0.2, -0.15) is 0 Å². The molecule has 6 heteroatoms. The number of carbonyl (C=O) groups excluding carboxylic acids is 1. The molecule has 0 aliphatic rings. The topological polar surface area (TPSA) is 61.3 Å². The molecule has 98 valence electrons. The van der Waals surface area contributed by atoms with Crippen molar-refractivity contribution < 1.29 is 14.3 Å². The maximum atomic E-state index is 11.4. The molecular formula is C13H11BrN2O3. The second-order valence-electron chi connectivity index (χ2n) is 3.71. The van der Waals surface area contributed by atoms with E-state index in [0.717, 1.165) is 4.47 Å². The summed E-state index contributed by atoms with van der Waals surface area (Å²) in [4.78, 5) is 19.6. The summed E-state index contributed by atoms with van der Waals surface area (Å²) >= 11 is 3.31. The lowest BCUT2D eigenvalue weighted by molar-refractivity contribution is 0.0599. The first kappa shape index (κ1) is 13.5. The van der Waals surface area contributed by atoms with E-state index >= 15 is 0 Å². The van der Waals surface area contributed by atoms with Crippen molar-refractivity contribution >= 4 is 21.9 Å². The summed E-state index contributed by atoms with van der Waals surface area (Å²) in [7, 11) is 1.33. The molecule has 0 aliphatic heterocycles. The lowest BCUT2D eigenvalue weighted by Gasteiger charge is -2.07. The predicted molar refractivity (Wildman–Crippen MR) is 72.3 cm³/mol. The van der Waals surface area contributed by atoms with Gasteiger partial charge < -0.3 is 9.47 Å². The number of methoxy groups -OCH3 is 1. The third-order valence-electron chi connectivity index (χ3n) is 2.37. The van der Waals surface area contributed by atoms with Crippen LogP contribution in [0.25, 0.3) is 0 Å². The number of esters is 1. The number of ether oxygens (including phenoxy) is 2. The van der Waals surface area contributed by atoms with Crippen LogP contribution in [0.5, 0.6) is 11.6 Å². The molecule has 0 bridgehead atoms. The van der Waals surface area contributed by atoms with Gasteiger partial charge in [0.05, 0.1) is 24.6 Å². The van der Waals surface area contributed by atoms with Gasteiger partial charge in [-0.1, -0.05) is 0 Å². The smallest absolute Gasteiger partial charge is 0.339 e. The molecule has 0 amide bonds. The largest absolute Gasteiger partial charge is 0.465 e. The molecule has 5 nitrogen and oxygen atoms in total. The average Bonchev–Trinajstić information content (AvgIpc) is 2.38. The molecule has 19 heavy (non-hydrogen) atoms. The molecular weight excluding hydrogens is 312 g/mol. The fourth-order valence-electron chi connectivity index (χ4n) is 1.49. The first-order valence-corrected chi connectivity index (χ1v) is 6.24. The Labute approximate surface area is 118 Å². The van der Waals surface area contributed by atoms with Crippen LogP contribution in [-0.2, 0) is 4.74 Å². The Bertz CT molecular complexity index is 617. The Hall–Kier alpha value is -1.95. The zero-order valence-corrected chi connectivity index (χ0v) is 12.0. The van der Waals surface area contributed by atoms with E-state index in [9.17, 15) is 4.79 Å². The van der Waals surface area contributed by atoms with E-state index < -0.39 is 5.97 Å². The van der Waals surface area contributed by atoms with Gasteiger partial charge in [-0.25, -0.2) is 9.78 Å². The molecule has 0 unspecified atom stereocenters. The molecule has 2 heterocycles. The van der Waals surface area contributed by atoms with Crippen LogP contribution < -0.4 is 4.74 Å². The number of pyridine rings is 2. The lowest BCUT2D eigenvalue weighted by Crippen LogP contribution is -2.05. The van der Waals surface area contributed by atoms with Crippen LogP contribution in [0.3, 0.4) is 0 Å². The van der Waals surface area contributed by atoms with Crippen molar-refractivity contribution in [1.82, 2.24) is 9.97 Å². The van der Waals surface area contributed by atoms with Crippen LogP contribution in [-0.4, -0.2) is 23.0 Å². The molecule has 0 fully saturated rings. The predicted octanol–water partition coefficient (Wildman–Crippen LogP) is 3.13. The number of rotatable bonds is 3. The van der Waals surface area contributed by atoms with Crippen molar-refractivity contribution in [2.75, 3.05) is 7.11 Å². The third kappa shape index (κ3) is 3.29. The minimum Gasteiger partial charge on any atom is -0.465 e. The van der Waals surface area contributed by atoms with Gasteiger partial charge in [0.25, 0.3) is 0 Å². The molecule has 0 spiro atoms. The van der Waals surface area contributed by atoms with Crippen LogP contribution >= 0.6 is 15.9 Å². The Morgan fingerprint density at radius 2 is 2.11 bits per heavy atom. The van der Waals surface area contributed by atoms with E-state index in [1.165, 1.54) is 7.11 Å². The number of nitrogens with zero attached hydrogens (tertiary/aromatic N) is 2. The summed E-state index contributed by atoms with van der Waals surface area (Å²) in [6.07, 6.45) is 3.24. The van der Waals surface area contributed by atoms with Crippen molar-refractivity contribution in [1.29, 1.82) is 0 Å². The van der Waals surface area contributed by atoms with Crippen molar-refractivity contribution in [3.8, 4) is 11.6 Å². The van der Waals surface area contributed by atoms with Gasteiger partial charge >= 0.3 is 5.97 Å². The summed E-state index contributed by atoms with van der Waals surface area (Å²) in [6, 6.07) is 5.01. The summed E-state index contributed by atoms with van der Waals surface area (Å²) in [6.45, 7) is 1.72. The van der Waals surface area contributed by atoms with E-state index in [1.807, 2.05) is 0 Å². The van der Waals surface area contributed by atoms with E-state index in [0.29, 0.717) is 22.9 Å². The Morgan fingerprint density at radius 3 is 2.74 bits per heavy atom. The van der Waals surface area contributed by atoms with Gasteiger partial charge in [-0.15, -0.1) is 0 Å². The van der Waals surface area contributed by atoms with Gasteiger partial charge in [-0.05, 0) is 35.0 Å². The number of halogens is 1. The highest BCUT2D eigenvalue weighted by Gasteiger charge is 2.11. The molecule has 2 rings (SSSR count). The zero-order chi connectivity index (χ0) is 13.8. The second-order valence-corrected chi connectivity index (χ2v) is 4.63. The van der Waals surface area contributed by atoms with Gasteiger partial charge in [0.1, 0.15) is 5.75 Å². The highest BCUT2D eigenvalue weighted by Crippen LogP contribution is 2.22. The first-order chi connectivity index (χ1) is 9.10. The number of hydrogen-bond donors (Lipinski definition) is 0. The maximum Gasteiger partial charge on any atom is 0.339 e. The maximum absolute atomic E-state index is 11.4.